The summed E-state index contributed by atoms with van der Waals surface area (Å²) in [5, 5.41) is 3.64. The number of rotatable bonds is 6. The number of nitrogens with one attached hydrogen (secondary N) is 1. The molecular formula is C22H25N3O2S. The van der Waals surface area contributed by atoms with Crippen LogP contribution in [-0.2, 0) is 24.2 Å². The summed E-state index contributed by atoms with van der Waals surface area (Å²) < 4.78 is 1.56. The lowest BCUT2D eigenvalue weighted by molar-refractivity contribution is -0.121. The number of nitrogens with zero attached hydrogens (tertiary/aromatic N) is 2. The fourth-order valence-corrected chi connectivity index (χ4v) is 5.05. The maximum atomic E-state index is 13.5. The minimum absolute atomic E-state index is 0.000333. The van der Waals surface area contributed by atoms with E-state index in [1.54, 1.807) is 15.9 Å². The first-order chi connectivity index (χ1) is 13.7. The first-order valence-corrected chi connectivity index (χ1v) is 10.9. The normalized spacial score (nSPS) is 13.5. The first-order valence-electron chi connectivity index (χ1n) is 10.1. The summed E-state index contributed by atoms with van der Waals surface area (Å²) in [6.45, 7) is 2.72. The fraction of sp³-hybridized carbons (Fsp3) is 0.409. The number of carbonyl (C=O) groups excluding carboxylic acids is 1. The molecule has 5 nitrogen and oxygen atoms in total. The monoisotopic (exact) mass is 395 g/mol. The van der Waals surface area contributed by atoms with Crippen molar-refractivity contribution < 1.29 is 4.79 Å². The Balaban J connectivity index is 1.83. The molecule has 1 aromatic carbocycles. The molecule has 2 heterocycles. The summed E-state index contributed by atoms with van der Waals surface area (Å²) >= 11 is 1.64. The molecular weight excluding hydrogens is 370 g/mol. The number of carbonyl (C=O) groups is 1. The number of thiophene rings is 1. The number of fused-ring (bicyclic) bond motifs is 3. The molecule has 2 aromatic heterocycles. The van der Waals surface area contributed by atoms with E-state index in [1.807, 2.05) is 30.3 Å². The summed E-state index contributed by atoms with van der Waals surface area (Å²) in [6, 6.07) is 9.67. The van der Waals surface area contributed by atoms with Gasteiger partial charge in [0.25, 0.3) is 5.56 Å². The van der Waals surface area contributed by atoms with Crippen LogP contribution < -0.4 is 10.9 Å². The zero-order valence-corrected chi connectivity index (χ0v) is 17.0. The van der Waals surface area contributed by atoms with Crippen molar-refractivity contribution >= 4 is 27.5 Å². The van der Waals surface area contributed by atoms with Crippen molar-refractivity contribution in [3.63, 3.8) is 0 Å². The summed E-state index contributed by atoms with van der Waals surface area (Å²) in [7, 11) is 0. The molecule has 3 aromatic rings. The Morgan fingerprint density at radius 2 is 2.00 bits per heavy atom. The van der Waals surface area contributed by atoms with Gasteiger partial charge in [0.2, 0.25) is 5.91 Å². The molecule has 0 radical (unpaired) electrons. The summed E-state index contributed by atoms with van der Waals surface area (Å²) in [5.74, 6) is 0.431. The zero-order valence-electron chi connectivity index (χ0n) is 16.2. The van der Waals surface area contributed by atoms with Gasteiger partial charge in [0, 0.05) is 17.0 Å². The topological polar surface area (TPSA) is 64.0 Å². The van der Waals surface area contributed by atoms with Crippen molar-refractivity contribution in [1.82, 2.24) is 14.9 Å². The molecule has 0 unspecified atom stereocenters. The SMILES string of the molecule is CCCCNC(=O)Cn1c(-c2ccccc2)nc2sc3c(c2c1=O)CCCC3. The third-order valence-corrected chi connectivity index (χ3v) is 6.45. The lowest BCUT2D eigenvalue weighted by atomic mass is 9.97. The van der Waals surface area contributed by atoms with Crippen LogP contribution in [0.2, 0.25) is 0 Å². The van der Waals surface area contributed by atoms with Gasteiger partial charge < -0.3 is 5.32 Å². The second-order valence-corrected chi connectivity index (χ2v) is 8.37. The molecule has 6 heteroatoms. The molecule has 0 spiro atoms. The molecule has 0 atom stereocenters. The van der Waals surface area contributed by atoms with Crippen molar-refractivity contribution in [3.8, 4) is 11.4 Å². The van der Waals surface area contributed by atoms with E-state index in [-0.39, 0.29) is 18.0 Å². The van der Waals surface area contributed by atoms with E-state index in [0.717, 1.165) is 53.4 Å². The molecule has 0 fully saturated rings. The Kier molecular flexibility index (Phi) is 5.57. The van der Waals surface area contributed by atoms with Crippen molar-refractivity contribution in [1.29, 1.82) is 0 Å². The molecule has 0 saturated heterocycles. The Hall–Kier alpha value is -2.47. The van der Waals surface area contributed by atoms with Gasteiger partial charge in [-0.25, -0.2) is 4.98 Å². The largest absolute Gasteiger partial charge is 0.355 e. The Morgan fingerprint density at radius 3 is 2.79 bits per heavy atom. The first kappa shape index (κ1) is 18.9. The van der Waals surface area contributed by atoms with Crippen LogP contribution in [0.5, 0.6) is 0 Å². The lowest BCUT2D eigenvalue weighted by Crippen LogP contribution is -2.34. The fourth-order valence-electron chi connectivity index (χ4n) is 3.80. The Morgan fingerprint density at radius 1 is 1.21 bits per heavy atom. The van der Waals surface area contributed by atoms with E-state index in [2.05, 4.69) is 12.2 Å². The van der Waals surface area contributed by atoms with Crippen LogP contribution in [0.4, 0.5) is 0 Å². The number of benzene rings is 1. The number of aromatic nitrogens is 2. The highest BCUT2D eigenvalue weighted by Gasteiger charge is 2.23. The van der Waals surface area contributed by atoms with Gasteiger partial charge in [-0.05, 0) is 37.7 Å². The Bertz CT molecular complexity index is 1050. The minimum atomic E-state index is -0.141. The molecule has 1 aliphatic rings. The van der Waals surface area contributed by atoms with Crippen LogP contribution in [0.3, 0.4) is 0 Å². The summed E-state index contributed by atoms with van der Waals surface area (Å²) in [6.07, 6.45) is 6.18. The highest BCUT2D eigenvalue weighted by molar-refractivity contribution is 7.18. The lowest BCUT2D eigenvalue weighted by Gasteiger charge is -2.14. The average Bonchev–Trinajstić information content (AvgIpc) is 3.09. The number of amides is 1. The van der Waals surface area contributed by atoms with E-state index >= 15 is 0 Å². The average molecular weight is 396 g/mol. The van der Waals surface area contributed by atoms with Gasteiger partial charge in [-0.3, -0.25) is 14.2 Å². The molecule has 1 aliphatic carbocycles. The molecule has 28 heavy (non-hydrogen) atoms. The highest BCUT2D eigenvalue weighted by Crippen LogP contribution is 2.34. The zero-order chi connectivity index (χ0) is 19.5. The summed E-state index contributed by atoms with van der Waals surface area (Å²) in [4.78, 5) is 32.9. The van der Waals surface area contributed by atoms with Crippen LogP contribution >= 0.6 is 11.3 Å². The second kappa shape index (κ2) is 8.27. The minimum Gasteiger partial charge on any atom is -0.355 e. The molecule has 0 bridgehead atoms. The maximum Gasteiger partial charge on any atom is 0.263 e. The van der Waals surface area contributed by atoms with Gasteiger partial charge in [0.05, 0.1) is 5.39 Å². The second-order valence-electron chi connectivity index (χ2n) is 7.29. The molecule has 0 saturated carbocycles. The van der Waals surface area contributed by atoms with E-state index in [4.69, 9.17) is 4.98 Å². The van der Waals surface area contributed by atoms with Gasteiger partial charge in [-0.1, -0.05) is 43.7 Å². The molecule has 1 N–H and O–H groups in total. The number of unbranched alkanes of at least 4 members (excludes halogenated alkanes) is 1. The molecule has 4 rings (SSSR count). The predicted octanol–water partition coefficient (Wildman–Crippen LogP) is 3.92. The standard InChI is InChI=1S/C22H25N3O2S/c1-2-3-13-23-18(26)14-25-20(15-9-5-4-6-10-15)24-21-19(22(25)27)16-11-7-8-12-17(16)28-21/h4-6,9-10H,2-3,7-8,11-14H2,1H3,(H,23,26). The predicted molar refractivity (Wildman–Crippen MR) is 114 cm³/mol. The van der Waals surface area contributed by atoms with Crippen LogP contribution in [0, 0.1) is 0 Å². The Labute approximate surface area is 168 Å². The van der Waals surface area contributed by atoms with E-state index < -0.39 is 0 Å². The third kappa shape index (κ3) is 3.61. The van der Waals surface area contributed by atoms with E-state index in [9.17, 15) is 9.59 Å². The number of hydrogen-bond donors (Lipinski definition) is 1. The van der Waals surface area contributed by atoms with Gasteiger partial charge in [-0.2, -0.15) is 0 Å². The van der Waals surface area contributed by atoms with Crippen LogP contribution in [0.1, 0.15) is 43.0 Å². The van der Waals surface area contributed by atoms with Crippen molar-refractivity contribution in [3.05, 3.63) is 51.1 Å². The smallest absolute Gasteiger partial charge is 0.263 e. The van der Waals surface area contributed by atoms with E-state index in [1.165, 1.54) is 11.3 Å². The number of hydrogen-bond acceptors (Lipinski definition) is 4. The third-order valence-electron chi connectivity index (χ3n) is 5.26. The van der Waals surface area contributed by atoms with Gasteiger partial charge >= 0.3 is 0 Å². The van der Waals surface area contributed by atoms with Crippen molar-refractivity contribution in [2.75, 3.05) is 6.54 Å². The van der Waals surface area contributed by atoms with Crippen LogP contribution in [-0.4, -0.2) is 22.0 Å². The molecule has 0 aliphatic heterocycles. The van der Waals surface area contributed by atoms with Crippen molar-refractivity contribution in [2.45, 2.75) is 52.0 Å². The van der Waals surface area contributed by atoms with Gasteiger partial charge in [0.1, 0.15) is 17.2 Å². The van der Waals surface area contributed by atoms with Crippen molar-refractivity contribution in [2.24, 2.45) is 0 Å². The van der Waals surface area contributed by atoms with Crippen LogP contribution in [0.15, 0.2) is 35.1 Å². The number of aryl methyl sites for hydroxylation is 2. The van der Waals surface area contributed by atoms with Gasteiger partial charge in [0.15, 0.2) is 0 Å². The van der Waals surface area contributed by atoms with Crippen LogP contribution in [0.25, 0.3) is 21.6 Å². The maximum absolute atomic E-state index is 13.5. The molecule has 146 valence electrons. The van der Waals surface area contributed by atoms with E-state index in [0.29, 0.717) is 12.4 Å². The van der Waals surface area contributed by atoms with Gasteiger partial charge in [-0.15, -0.1) is 11.3 Å². The highest BCUT2D eigenvalue weighted by atomic mass is 32.1. The quantitative estimate of drug-likeness (QED) is 0.644. The molecule has 1 amide bonds. The summed E-state index contributed by atoms with van der Waals surface area (Å²) in [5.41, 5.74) is 1.92.